The van der Waals surface area contributed by atoms with E-state index in [-0.39, 0.29) is 17.9 Å². The van der Waals surface area contributed by atoms with Crippen LogP contribution in [0.25, 0.3) is 0 Å². The highest BCUT2D eigenvalue weighted by molar-refractivity contribution is 5.74. The lowest BCUT2D eigenvalue weighted by Gasteiger charge is -2.25. The summed E-state index contributed by atoms with van der Waals surface area (Å²) in [4.78, 5) is 13.7. The number of halogens is 1. The van der Waals surface area contributed by atoms with Crippen LogP contribution in [0, 0.1) is 19.7 Å². The van der Waals surface area contributed by atoms with E-state index in [0.29, 0.717) is 17.9 Å². The van der Waals surface area contributed by atoms with Crippen LogP contribution < -0.4 is 5.32 Å². The van der Waals surface area contributed by atoms with Crippen LogP contribution >= 0.6 is 0 Å². The van der Waals surface area contributed by atoms with Gasteiger partial charge in [-0.15, -0.1) is 0 Å². The van der Waals surface area contributed by atoms with Gasteiger partial charge in [0.15, 0.2) is 0 Å². The summed E-state index contributed by atoms with van der Waals surface area (Å²) < 4.78 is 18.9. The number of aromatic nitrogens is 1. The molecule has 2 amide bonds. The highest BCUT2D eigenvalue weighted by atomic mass is 19.1. The number of aryl methyl sites for hydroxylation is 2. The average Bonchev–Trinajstić information content (AvgIpc) is 2.82. The number of hydrogen-bond donors (Lipinski definition) is 1. The van der Waals surface area contributed by atoms with Crippen LogP contribution in [-0.2, 0) is 6.54 Å². The van der Waals surface area contributed by atoms with Crippen molar-refractivity contribution in [3.63, 3.8) is 0 Å². The Kier molecular flexibility index (Phi) is 4.80. The van der Waals surface area contributed by atoms with Crippen molar-refractivity contribution in [2.24, 2.45) is 0 Å². The van der Waals surface area contributed by atoms with Crippen LogP contribution in [-0.4, -0.2) is 23.1 Å². The summed E-state index contributed by atoms with van der Waals surface area (Å²) in [5, 5.41) is 6.64. The number of carbonyl (C=O) groups excluding carboxylic acids is 1. The number of carbonyl (C=O) groups is 1. The van der Waals surface area contributed by atoms with Crippen LogP contribution in [0.1, 0.15) is 35.5 Å². The summed E-state index contributed by atoms with van der Waals surface area (Å²) >= 11 is 0. The van der Waals surface area contributed by atoms with Crippen LogP contribution in [0.5, 0.6) is 0 Å². The first-order chi connectivity index (χ1) is 10.4. The van der Waals surface area contributed by atoms with Crippen molar-refractivity contribution in [3.05, 3.63) is 52.7 Å². The van der Waals surface area contributed by atoms with Crippen molar-refractivity contribution in [3.8, 4) is 0 Å². The highest BCUT2D eigenvalue weighted by Crippen LogP contribution is 2.21. The quantitative estimate of drug-likeness (QED) is 0.942. The Labute approximate surface area is 129 Å². The topological polar surface area (TPSA) is 58.4 Å². The summed E-state index contributed by atoms with van der Waals surface area (Å²) in [6, 6.07) is 5.80. The molecule has 0 aliphatic heterocycles. The van der Waals surface area contributed by atoms with Gasteiger partial charge in [-0.3, -0.25) is 0 Å². The zero-order chi connectivity index (χ0) is 16.3. The second-order valence-corrected chi connectivity index (χ2v) is 5.27. The summed E-state index contributed by atoms with van der Waals surface area (Å²) in [6.45, 7) is 5.74. The first-order valence-corrected chi connectivity index (χ1v) is 7.08. The SMILES string of the molecule is Cc1noc(C)c1CNC(=O)N(C)[C@H](C)c1ccccc1F. The minimum Gasteiger partial charge on any atom is -0.361 e. The molecule has 118 valence electrons. The third-order valence-electron chi connectivity index (χ3n) is 3.85. The van der Waals surface area contributed by atoms with Gasteiger partial charge in [-0.05, 0) is 26.8 Å². The third-order valence-corrected chi connectivity index (χ3v) is 3.85. The van der Waals surface area contributed by atoms with E-state index < -0.39 is 0 Å². The maximum atomic E-state index is 13.8. The monoisotopic (exact) mass is 305 g/mol. The van der Waals surface area contributed by atoms with Crippen molar-refractivity contribution in [1.82, 2.24) is 15.4 Å². The maximum Gasteiger partial charge on any atom is 0.317 e. The highest BCUT2D eigenvalue weighted by Gasteiger charge is 2.20. The predicted molar refractivity (Wildman–Crippen MR) is 80.8 cm³/mol. The van der Waals surface area contributed by atoms with Crippen molar-refractivity contribution in [2.45, 2.75) is 33.4 Å². The number of benzene rings is 1. The van der Waals surface area contributed by atoms with Gasteiger partial charge in [0.25, 0.3) is 0 Å². The van der Waals surface area contributed by atoms with Crippen LogP contribution in [0.3, 0.4) is 0 Å². The number of hydrogen-bond acceptors (Lipinski definition) is 3. The fourth-order valence-corrected chi connectivity index (χ4v) is 2.24. The van der Waals surface area contributed by atoms with E-state index >= 15 is 0 Å². The lowest BCUT2D eigenvalue weighted by Crippen LogP contribution is -2.38. The summed E-state index contributed by atoms with van der Waals surface area (Å²) in [5.41, 5.74) is 2.10. The summed E-state index contributed by atoms with van der Waals surface area (Å²) in [5.74, 6) is 0.364. The molecule has 2 rings (SSSR count). The lowest BCUT2D eigenvalue weighted by molar-refractivity contribution is 0.193. The molecule has 2 aromatic rings. The molecule has 0 spiro atoms. The second kappa shape index (κ2) is 6.60. The largest absolute Gasteiger partial charge is 0.361 e. The van der Waals surface area contributed by atoms with Gasteiger partial charge < -0.3 is 14.7 Å². The van der Waals surface area contributed by atoms with Crippen molar-refractivity contribution < 1.29 is 13.7 Å². The minimum atomic E-state index is -0.370. The number of nitrogens with one attached hydrogen (secondary N) is 1. The molecule has 0 unspecified atom stereocenters. The third kappa shape index (κ3) is 3.27. The van der Waals surface area contributed by atoms with Crippen LogP contribution in [0.4, 0.5) is 9.18 Å². The number of nitrogens with zero attached hydrogens (tertiary/aromatic N) is 2. The molecular formula is C16H20FN3O2. The van der Waals surface area contributed by atoms with E-state index in [2.05, 4.69) is 10.5 Å². The predicted octanol–water partition coefficient (Wildman–Crippen LogP) is 3.33. The van der Waals surface area contributed by atoms with E-state index in [1.165, 1.54) is 11.0 Å². The van der Waals surface area contributed by atoms with Gasteiger partial charge in [-0.1, -0.05) is 23.4 Å². The molecule has 0 bridgehead atoms. The van der Waals surface area contributed by atoms with Gasteiger partial charge in [0.1, 0.15) is 11.6 Å². The second-order valence-electron chi connectivity index (χ2n) is 5.27. The fourth-order valence-electron chi connectivity index (χ4n) is 2.24. The maximum absolute atomic E-state index is 13.8. The molecular weight excluding hydrogens is 285 g/mol. The van der Waals surface area contributed by atoms with Crippen molar-refractivity contribution in [1.29, 1.82) is 0 Å². The Morgan fingerprint density at radius 1 is 1.41 bits per heavy atom. The smallest absolute Gasteiger partial charge is 0.317 e. The van der Waals surface area contributed by atoms with Gasteiger partial charge in [-0.2, -0.15) is 0 Å². The molecule has 0 saturated heterocycles. The zero-order valence-corrected chi connectivity index (χ0v) is 13.2. The number of rotatable bonds is 4. The number of amides is 2. The zero-order valence-electron chi connectivity index (χ0n) is 13.2. The molecule has 1 aromatic carbocycles. The first kappa shape index (κ1) is 16.0. The van der Waals surface area contributed by atoms with E-state index in [0.717, 1.165) is 11.3 Å². The Hall–Kier alpha value is -2.37. The van der Waals surface area contributed by atoms with E-state index in [1.54, 1.807) is 39.1 Å². The average molecular weight is 305 g/mol. The van der Waals surface area contributed by atoms with Crippen molar-refractivity contribution in [2.75, 3.05) is 7.05 Å². The molecule has 0 radical (unpaired) electrons. The fraction of sp³-hybridized carbons (Fsp3) is 0.375. The molecule has 5 nitrogen and oxygen atoms in total. The van der Waals surface area contributed by atoms with Crippen LogP contribution in [0.15, 0.2) is 28.8 Å². The molecule has 1 N–H and O–H groups in total. The molecule has 1 aromatic heterocycles. The Morgan fingerprint density at radius 2 is 2.09 bits per heavy atom. The number of urea groups is 1. The molecule has 0 aliphatic carbocycles. The molecule has 0 aliphatic rings. The molecule has 1 heterocycles. The minimum absolute atomic E-state index is 0.282. The standard InChI is InChI=1S/C16H20FN3O2/c1-10-14(12(3)22-19-10)9-18-16(21)20(4)11(2)13-7-5-6-8-15(13)17/h5-8,11H,9H2,1-4H3,(H,18,21)/t11-/m1/s1. The van der Waals surface area contributed by atoms with Gasteiger partial charge in [-0.25, -0.2) is 9.18 Å². The van der Waals surface area contributed by atoms with E-state index in [4.69, 9.17) is 4.52 Å². The van der Waals surface area contributed by atoms with E-state index in [9.17, 15) is 9.18 Å². The molecule has 0 saturated carbocycles. The Balaban J connectivity index is 2.02. The molecule has 22 heavy (non-hydrogen) atoms. The van der Waals surface area contributed by atoms with Gasteiger partial charge in [0, 0.05) is 24.7 Å². The van der Waals surface area contributed by atoms with Crippen LogP contribution in [0.2, 0.25) is 0 Å². The molecule has 1 atom stereocenters. The van der Waals surface area contributed by atoms with Gasteiger partial charge in [0.2, 0.25) is 0 Å². The molecule has 0 fully saturated rings. The normalized spacial score (nSPS) is 12.0. The lowest BCUT2D eigenvalue weighted by atomic mass is 10.1. The molecule has 6 heteroatoms. The summed E-state index contributed by atoms with van der Waals surface area (Å²) in [7, 11) is 1.64. The Morgan fingerprint density at radius 3 is 2.68 bits per heavy atom. The van der Waals surface area contributed by atoms with Gasteiger partial charge >= 0.3 is 6.03 Å². The van der Waals surface area contributed by atoms with E-state index in [1.807, 2.05) is 6.92 Å². The summed E-state index contributed by atoms with van der Waals surface area (Å²) in [6.07, 6.45) is 0. The van der Waals surface area contributed by atoms with Crippen molar-refractivity contribution >= 4 is 6.03 Å². The Bertz CT molecular complexity index is 650. The van der Waals surface area contributed by atoms with Gasteiger partial charge in [0.05, 0.1) is 11.7 Å². The first-order valence-electron chi connectivity index (χ1n) is 7.08.